The molecule has 0 spiro atoms. The summed E-state index contributed by atoms with van der Waals surface area (Å²) in [6, 6.07) is 6.35. The maximum absolute atomic E-state index is 12.1. The zero-order chi connectivity index (χ0) is 13.7. The van der Waals surface area contributed by atoms with Gasteiger partial charge in [-0.3, -0.25) is 9.69 Å². The molecule has 20 heavy (non-hydrogen) atoms. The summed E-state index contributed by atoms with van der Waals surface area (Å²) in [5.74, 6) is 1.77. The lowest BCUT2D eigenvalue weighted by molar-refractivity contribution is -0.117. The highest BCUT2D eigenvalue weighted by molar-refractivity contribution is 5.95. The second-order valence-electron chi connectivity index (χ2n) is 5.75. The first-order valence-corrected chi connectivity index (χ1v) is 7.29. The Morgan fingerprint density at radius 1 is 1.30 bits per heavy atom. The van der Waals surface area contributed by atoms with Gasteiger partial charge in [-0.1, -0.05) is 0 Å². The van der Waals surface area contributed by atoms with Gasteiger partial charge in [0, 0.05) is 19.5 Å². The van der Waals surface area contributed by atoms with E-state index in [4.69, 9.17) is 5.73 Å². The van der Waals surface area contributed by atoms with Gasteiger partial charge in [0.25, 0.3) is 0 Å². The van der Waals surface area contributed by atoms with E-state index in [1.165, 1.54) is 18.4 Å². The summed E-state index contributed by atoms with van der Waals surface area (Å²) in [7, 11) is 0. The van der Waals surface area contributed by atoms with Crippen LogP contribution in [-0.4, -0.2) is 22.1 Å². The van der Waals surface area contributed by atoms with Crippen LogP contribution in [0.2, 0.25) is 0 Å². The van der Waals surface area contributed by atoms with Crippen LogP contribution in [-0.2, 0) is 11.3 Å². The van der Waals surface area contributed by atoms with Crippen molar-refractivity contribution in [2.24, 2.45) is 5.73 Å². The van der Waals surface area contributed by atoms with Crippen molar-refractivity contribution < 1.29 is 4.79 Å². The maximum Gasteiger partial charge on any atom is 0.228 e. The molecule has 4 rings (SSSR count). The number of nitrogens with zero attached hydrogens (tertiary/aromatic N) is 3. The molecular weight excluding hydrogens is 252 g/mol. The molecule has 2 aliphatic rings. The third-order valence-corrected chi connectivity index (χ3v) is 4.22. The second-order valence-corrected chi connectivity index (χ2v) is 5.75. The predicted molar refractivity (Wildman–Crippen MR) is 76.6 cm³/mol. The fraction of sp³-hybridized carbons (Fsp3) is 0.467. The molecule has 1 aliphatic heterocycles. The molecule has 1 saturated carbocycles. The van der Waals surface area contributed by atoms with Gasteiger partial charge in [-0.2, -0.15) is 5.10 Å². The third-order valence-electron chi connectivity index (χ3n) is 4.22. The number of nitrogens with two attached hydrogens (primary N) is 1. The van der Waals surface area contributed by atoms with Crippen molar-refractivity contribution in [1.82, 2.24) is 9.61 Å². The standard InChI is InChI=1S/C15H18N4O/c16-9-12-8-13-6-11(10-3-4-10)7-14(19(13)17-12)18-5-1-2-15(18)20/h6-8,10H,1-5,9,16H2. The molecule has 0 radical (unpaired) electrons. The number of carbonyl (C=O) groups excluding carboxylic acids is 1. The summed E-state index contributed by atoms with van der Waals surface area (Å²) < 4.78 is 1.87. The molecule has 2 N–H and O–H groups in total. The van der Waals surface area contributed by atoms with Gasteiger partial charge in [0.15, 0.2) is 0 Å². The molecule has 1 saturated heterocycles. The number of hydrogen-bond acceptors (Lipinski definition) is 3. The van der Waals surface area contributed by atoms with Gasteiger partial charge in [-0.25, -0.2) is 4.52 Å². The lowest BCUT2D eigenvalue weighted by Gasteiger charge is -2.18. The van der Waals surface area contributed by atoms with Gasteiger partial charge in [0.05, 0.1) is 11.2 Å². The average molecular weight is 270 g/mol. The van der Waals surface area contributed by atoms with E-state index in [2.05, 4.69) is 17.2 Å². The minimum atomic E-state index is 0.198. The maximum atomic E-state index is 12.1. The van der Waals surface area contributed by atoms with E-state index in [0.29, 0.717) is 18.9 Å². The first-order valence-electron chi connectivity index (χ1n) is 7.29. The van der Waals surface area contributed by atoms with Crippen LogP contribution in [0.15, 0.2) is 18.2 Å². The molecule has 3 heterocycles. The highest BCUT2D eigenvalue weighted by Crippen LogP contribution is 2.42. The molecule has 5 heteroatoms. The van der Waals surface area contributed by atoms with Gasteiger partial charge in [-0.15, -0.1) is 0 Å². The van der Waals surface area contributed by atoms with Crippen molar-refractivity contribution in [3.63, 3.8) is 0 Å². The van der Waals surface area contributed by atoms with Crippen molar-refractivity contribution >= 4 is 17.2 Å². The number of pyridine rings is 1. The molecule has 0 bridgehead atoms. The van der Waals surface area contributed by atoms with Crippen LogP contribution in [0.5, 0.6) is 0 Å². The number of rotatable bonds is 3. The Morgan fingerprint density at radius 3 is 2.80 bits per heavy atom. The van der Waals surface area contributed by atoms with E-state index >= 15 is 0 Å². The number of anilines is 1. The molecule has 1 aliphatic carbocycles. The van der Waals surface area contributed by atoms with E-state index in [1.54, 1.807) is 0 Å². The summed E-state index contributed by atoms with van der Waals surface area (Å²) in [4.78, 5) is 13.9. The van der Waals surface area contributed by atoms with E-state index in [1.807, 2.05) is 15.5 Å². The molecule has 0 unspecified atom stereocenters. The number of amides is 1. The minimum absolute atomic E-state index is 0.198. The van der Waals surface area contributed by atoms with E-state index in [9.17, 15) is 4.79 Å². The van der Waals surface area contributed by atoms with Gasteiger partial charge in [0.1, 0.15) is 5.82 Å². The van der Waals surface area contributed by atoms with Gasteiger partial charge in [-0.05, 0) is 48.9 Å². The number of hydrogen-bond donors (Lipinski definition) is 1. The van der Waals surface area contributed by atoms with Crippen molar-refractivity contribution in [3.05, 3.63) is 29.5 Å². The van der Waals surface area contributed by atoms with Crippen molar-refractivity contribution in [3.8, 4) is 0 Å². The van der Waals surface area contributed by atoms with Crippen LogP contribution in [0, 0.1) is 0 Å². The van der Waals surface area contributed by atoms with Crippen LogP contribution >= 0.6 is 0 Å². The summed E-state index contributed by atoms with van der Waals surface area (Å²) in [5.41, 5.74) is 8.94. The fourth-order valence-corrected chi connectivity index (χ4v) is 2.99. The van der Waals surface area contributed by atoms with E-state index in [0.717, 1.165) is 30.0 Å². The topological polar surface area (TPSA) is 63.6 Å². The Labute approximate surface area is 117 Å². The van der Waals surface area contributed by atoms with Crippen LogP contribution < -0.4 is 10.6 Å². The van der Waals surface area contributed by atoms with E-state index in [-0.39, 0.29) is 5.91 Å². The SMILES string of the molecule is NCc1cc2cc(C3CC3)cc(N3CCCC3=O)n2n1. The van der Waals surface area contributed by atoms with Crippen molar-refractivity contribution in [1.29, 1.82) is 0 Å². The summed E-state index contributed by atoms with van der Waals surface area (Å²) >= 11 is 0. The lowest BCUT2D eigenvalue weighted by atomic mass is 10.1. The van der Waals surface area contributed by atoms with Crippen molar-refractivity contribution in [2.45, 2.75) is 38.1 Å². The van der Waals surface area contributed by atoms with Crippen molar-refractivity contribution in [2.75, 3.05) is 11.4 Å². The normalized spacial score (nSPS) is 19.2. The zero-order valence-corrected chi connectivity index (χ0v) is 11.4. The second kappa shape index (κ2) is 4.31. The third kappa shape index (κ3) is 1.81. The Balaban J connectivity index is 1.90. The highest BCUT2D eigenvalue weighted by atomic mass is 16.2. The van der Waals surface area contributed by atoms with Crippen LogP contribution in [0.4, 0.5) is 5.82 Å². The molecular formula is C15H18N4O. The number of fused-ring (bicyclic) bond motifs is 1. The molecule has 0 aromatic carbocycles. The first-order chi connectivity index (χ1) is 9.76. The fourth-order valence-electron chi connectivity index (χ4n) is 2.99. The Hall–Kier alpha value is -1.88. The lowest BCUT2D eigenvalue weighted by Crippen LogP contribution is -2.26. The summed E-state index contributed by atoms with van der Waals surface area (Å²) in [6.07, 6.45) is 4.07. The molecule has 2 fully saturated rings. The predicted octanol–water partition coefficient (Wildman–Crippen LogP) is 1.80. The van der Waals surface area contributed by atoms with E-state index < -0.39 is 0 Å². The quantitative estimate of drug-likeness (QED) is 0.925. The molecule has 2 aromatic heterocycles. The Kier molecular flexibility index (Phi) is 2.57. The molecule has 104 valence electrons. The smallest absolute Gasteiger partial charge is 0.228 e. The summed E-state index contributed by atoms with van der Waals surface area (Å²) in [5, 5.41) is 4.53. The first kappa shape index (κ1) is 11.9. The zero-order valence-electron chi connectivity index (χ0n) is 11.4. The Bertz CT molecular complexity index is 686. The molecule has 2 aromatic rings. The monoisotopic (exact) mass is 270 g/mol. The number of carbonyl (C=O) groups is 1. The highest BCUT2D eigenvalue weighted by Gasteiger charge is 2.29. The Morgan fingerprint density at radius 2 is 2.15 bits per heavy atom. The number of aromatic nitrogens is 2. The average Bonchev–Trinajstić information content (AvgIpc) is 3.08. The summed E-state index contributed by atoms with van der Waals surface area (Å²) in [6.45, 7) is 1.22. The van der Waals surface area contributed by atoms with Gasteiger partial charge in [0.2, 0.25) is 5.91 Å². The molecule has 1 amide bonds. The molecule has 0 atom stereocenters. The van der Waals surface area contributed by atoms with Crippen LogP contribution in [0.25, 0.3) is 5.52 Å². The van der Waals surface area contributed by atoms with Gasteiger partial charge >= 0.3 is 0 Å². The van der Waals surface area contributed by atoms with Crippen LogP contribution in [0.3, 0.4) is 0 Å². The van der Waals surface area contributed by atoms with Crippen LogP contribution in [0.1, 0.15) is 42.9 Å². The minimum Gasteiger partial charge on any atom is -0.325 e. The van der Waals surface area contributed by atoms with Gasteiger partial charge < -0.3 is 5.73 Å². The molecule has 5 nitrogen and oxygen atoms in total. The largest absolute Gasteiger partial charge is 0.325 e.